The number of rotatable bonds is 4. The molecule has 0 aromatic heterocycles. The molecule has 2 aromatic carbocycles. The number of amides is 1. The Bertz CT molecular complexity index is 657. The maximum Gasteiger partial charge on any atom is 0.231 e. The summed E-state index contributed by atoms with van der Waals surface area (Å²) in [5, 5.41) is 0.650. The van der Waals surface area contributed by atoms with E-state index < -0.39 is 0 Å². The Morgan fingerprint density at radius 2 is 1.82 bits per heavy atom. The van der Waals surface area contributed by atoms with Gasteiger partial charge in [0.05, 0.1) is 5.92 Å². The first kappa shape index (κ1) is 16.5. The molecule has 0 aliphatic heterocycles. The summed E-state index contributed by atoms with van der Waals surface area (Å²) < 4.78 is 0. The molecule has 0 fully saturated rings. The average molecular weight is 317 g/mol. The molecule has 116 valence electrons. The quantitative estimate of drug-likeness (QED) is 0.928. The summed E-state index contributed by atoms with van der Waals surface area (Å²) in [5.41, 5.74) is 8.95. The van der Waals surface area contributed by atoms with Crippen molar-refractivity contribution < 1.29 is 4.79 Å². The molecular formula is C18H21ClN2O. The highest BCUT2D eigenvalue weighted by Crippen LogP contribution is 2.26. The average Bonchev–Trinajstić information content (AvgIpc) is 2.55. The fraction of sp³-hybridized carbons (Fsp3) is 0.278. The van der Waals surface area contributed by atoms with Gasteiger partial charge in [-0.05, 0) is 30.2 Å². The number of benzene rings is 2. The molecule has 4 heteroatoms. The molecule has 0 bridgehead atoms. The topological polar surface area (TPSA) is 46.3 Å². The Labute approximate surface area is 136 Å². The summed E-state index contributed by atoms with van der Waals surface area (Å²) in [6.45, 7) is 3.79. The van der Waals surface area contributed by atoms with Crippen LogP contribution in [-0.4, -0.2) is 13.0 Å². The van der Waals surface area contributed by atoms with Crippen molar-refractivity contribution in [2.45, 2.75) is 19.9 Å². The van der Waals surface area contributed by atoms with Gasteiger partial charge in [0.1, 0.15) is 0 Å². The predicted octanol–water partition coefficient (Wildman–Crippen LogP) is 3.95. The van der Waals surface area contributed by atoms with Crippen LogP contribution in [0.15, 0.2) is 48.5 Å². The van der Waals surface area contributed by atoms with Gasteiger partial charge in [0.15, 0.2) is 0 Å². The third-order valence-electron chi connectivity index (χ3n) is 3.99. The number of hydrogen-bond acceptors (Lipinski definition) is 2. The summed E-state index contributed by atoms with van der Waals surface area (Å²) in [7, 11) is 1.75. The highest BCUT2D eigenvalue weighted by molar-refractivity contribution is 6.31. The van der Waals surface area contributed by atoms with Gasteiger partial charge < -0.3 is 10.6 Å². The molecule has 2 unspecified atom stereocenters. The van der Waals surface area contributed by atoms with Crippen LogP contribution in [0.5, 0.6) is 0 Å². The Balaban J connectivity index is 2.17. The standard InChI is InChI=1S/C18H21ClN2O/c1-12-9-10-15(11-16(12)19)21(3)18(22)13(2)17(20)14-7-5-4-6-8-14/h4-11,13,17H,20H2,1-3H3. The van der Waals surface area contributed by atoms with E-state index in [4.69, 9.17) is 17.3 Å². The molecule has 2 N–H and O–H groups in total. The first-order valence-corrected chi connectivity index (χ1v) is 7.64. The lowest BCUT2D eigenvalue weighted by Crippen LogP contribution is -2.37. The highest BCUT2D eigenvalue weighted by Gasteiger charge is 2.25. The molecule has 0 aliphatic rings. The number of nitrogens with two attached hydrogens (primary N) is 1. The van der Waals surface area contributed by atoms with Crippen LogP contribution >= 0.6 is 11.6 Å². The lowest BCUT2D eigenvalue weighted by atomic mass is 9.94. The maximum atomic E-state index is 12.7. The second-order valence-electron chi connectivity index (χ2n) is 5.56. The zero-order chi connectivity index (χ0) is 16.3. The molecule has 0 aliphatic carbocycles. The van der Waals surface area contributed by atoms with Crippen LogP contribution in [0.2, 0.25) is 5.02 Å². The highest BCUT2D eigenvalue weighted by atomic mass is 35.5. The minimum atomic E-state index is -0.336. The molecule has 0 saturated carbocycles. The Hall–Kier alpha value is -1.84. The number of carbonyl (C=O) groups excluding carboxylic acids is 1. The maximum absolute atomic E-state index is 12.7. The summed E-state index contributed by atoms with van der Waals surface area (Å²) in [5.74, 6) is -0.358. The van der Waals surface area contributed by atoms with Gasteiger partial charge in [0.25, 0.3) is 0 Å². The molecule has 2 atom stereocenters. The molecule has 1 amide bonds. The van der Waals surface area contributed by atoms with E-state index in [-0.39, 0.29) is 17.9 Å². The fourth-order valence-corrected chi connectivity index (χ4v) is 2.52. The molecule has 2 aromatic rings. The van der Waals surface area contributed by atoms with Crippen molar-refractivity contribution in [1.29, 1.82) is 0 Å². The first-order chi connectivity index (χ1) is 10.4. The van der Waals surface area contributed by atoms with Crippen LogP contribution in [0, 0.1) is 12.8 Å². The van der Waals surface area contributed by atoms with Crippen molar-refractivity contribution in [1.82, 2.24) is 0 Å². The summed E-state index contributed by atoms with van der Waals surface area (Å²) in [4.78, 5) is 14.3. The lowest BCUT2D eigenvalue weighted by molar-refractivity contribution is -0.122. The van der Waals surface area contributed by atoms with E-state index in [9.17, 15) is 4.79 Å². The van der Waals surface area contributed by atoms with E-state index in [0.717, 1.165) is 16.8 Å². The monoisotopic (exact) mass is 316 g/mol. The largest absolute Gasteiger partial charge is 0.323 e. The second kappa shape index (κ2) is 6.95. The fourth-order valence-electron chi connectivity index (χ4n) is 2.34. The number of anilines is 1. The third-order valence-corrected chi connectivity index (χ3v) is 4.39. The molecular weight excluding hydrogens is 296 g/mol. The van der Waals surface area contributed by atoms with E-state index in [1.165, 1.54) is 0 Å². The van der Waals surface area contributed by atoms with Gasteiger partial charge in [0, 0.05) is 23.8 Å². The molecule has 0 saturated heterocycles. The van der Waals surface area contributed by atoms with Gasteiger partial charge in [0.2, 0.25) is 5.91 Å². The van der Waals surface area contributed by atoms with Crippen molar-refractivity contribution in [3.8, 4) is 0 Å². The van der Waals surface area contributed by atoms with Crippen molar-refractivity contribution in [2.24, 2.45) is 11.7 Å². The number of hydrogen-bond donors (Lipinski definition) is 1. The van der Waals surface area contributed by atoms with Crippen LogP contribution in [0.4, 0.5) is 5.69 Å². The van der Waals surface area contributed by atoms with Gasteiger partial charge >= 0.3 is 0 Å². The van der Waals surface area contributed by atoms with Crippen LogP contribution in [0.1, 0.15) is 24.1 Å². The summed E-state index contributed by atoms with van der Waals surface area (Å²) >= 11 is 6.14. The van der Waals surface area contributed by atoms with E-state index >= 15 is 0 Å². The lowest BCUT2D eigenvalue weighted by Gasteiger charge is -2.26. The molecule has 22 heavy (non-hydrogen) atoms. The van der Waals surface area contributed by atoms with Gasteiger partial charge in [-0.25, -0.2) is 0 Å². The smallest absolute Gasteiger partial charge is 0.231 e. The van der Waals surface area contributed by atoms with Crippen molar-refractivity contribution in [3.05, 3.63) is 64.7 Å². The molecule has 0 heterocycles. The van der Waals surface area contributed by atoms with Crippen LogP contribution in [-0.2, 0) is 4.79 Å². The number of carbonyl (C=O) groups is 1. The van der Waals surface area contributed by atoms with Gasteiger partial charge in [-0.15, -0.1) is 0 Å². The van der Waals surface area contributed by atoms with E-state index in [2.05, 4.69) is 0 Å². The third kappa shape index (κ3) is 3.49. The Morgan fingerprint density at radius 1 is 1.18 bits per heavy atom. The van der Waals surface area contributed by atoms with Crippen LogP contribution < -0.4 is 10.6 Å². The van der Waals surface area contributed by atoms with Crippen LogP contribution in [0.25, 0.3) is 0 Å². The zero-order valence-corrected chi connectivity index (χ0v) is 13.8. The minimum absolute atomic E-state index is 0.0312. The number of nitrogens with zero attached hydrogens (tertiary/aromatic N) is 1. The van der Waals surface area contributed by atoms with E-state index in [1.807, 2.05) is 56.3 Å². The minimum Gasteiger partial charge on any atom is -0.323 e. The van der Waals surface area contributed by atoms with Gasteiger partial charge in [-0.2, -0.15) is 0 Å². The van der Waals surface area contributed by atoms with Crippen molar-refractivity contribution >= 4 is 23.2 Å². The SMILES string of the molecule is Cc1ccc(N(C)C(=O)C(C)C(N)c2ccccc2)cc1Cl. The van der Waals surface area contributed by atoms with Crippen molar-refractivity contribution in [3.63, 3.8) is 0 Å². The van der Waals surface area contributed by atoms with E-state index in [1.54, 1.807) is 18.0 Å². The van der Waals surface area contributed by atoms with E-state index in [0.29, 0.717) is 5.02 Å². The normalized spacial score (nSPS) is 13.5. The Kier molecular flexibility index (Phi) is 5.22. The number of halogens is 1. The van der Waals surface area contributed by atoms with Crippen molar-refractivity contribution in [2.75, 3.05) is 11.9 Å². The molecule has 0 spiro atoms. The second-order valence-corrected chi connectivity index (χ2v) is 5.96. The summed E-state index contributed by atoms with van der Waals surface area (Å²) in [6, 6.07) is 14.9. The molecule has 0 radical (unpaired) electrons. The Morgan fingerprint density at radius 3 is 2.41 bits per heavy atom. The number of aryl methyl sites for hydroxylation is 1. The predicted molar refractivity (Wildman–Crippen MR) is 92.1 cm³/mol. The van der Waals surface area contributed by atoms with Gasteiger partial charge in [-0.3, -0.25) is 4.79 Å². The molecule has 2 rings (SSSR count). The zero-order valence-electron chi connectivity index (χ0n) is 13.1. The van der Waals surface area contributed by atoms with Crippen LogP contribution in [0.3, 0.4) is 0 Å². The van der Waals surface area contributed by atoms with Gasteiger partial charge in [-0.1, -0.05) is 54.9 Å². The molecule has 3 nitrogen and oxygen atoms in total. The first-order valence-electron chi connectivity index (χ1n) is 7.26. The summed E-state index contributed by atoms with van der Waals surface area (Å²) in [6.07, 6.45) is 0.